The molecule has 1 fully saturated rings. The summed E-state index contributed by atoms with van der Waals surface area (Å²) < 4.78 is 5.40. The van der Waals surface area contributed by atoms with Gasteiger partial charge in [-0.2, -0.15) is 9.97 Å². The molecule has 1 aromatic heterocycles. The summed E-state index contributed by atoms with van der Waals surface area (Å²) in [6, 6.07) is 0. The van der Waals surface area contributed by atoms with Crippen molar-refractivity contribution >= 4 is 35.8 Å². The fourth-order valence-electron chi connectivity index (χ4n) is 2.13. The lowest BCUT2D eigenvalue weighted by molar-refractivity contribution is -0.0213. The Morgan fingerprint density at radius 3 is 2.43 bits per heavy atom. The fraction of sp³-hybridized carbons (Fsp3) is 0.615. The van der Waals surface area contributed by atoms with Gasteiger partial charge in [0.15, 0.2) is 17.2 Å². The summed E-state index contributed by atoms with van der Waals surface area (Å²) in [5.41, 5.74) is 5.72. The molecule has 0 saturated carbocycles. The van der Waals surface area contributed by atoms with E-state index in [9.17, 15) is 10.2 Å². The van der Waals surface area contributed by atoms with E-state index in [2.05, 4.69) is 21.7 Å². The molecule has 10 heteroatoms. The van der Waals surface area contributed by atoms with E-state index in [0.717, 1.165) is 0 Å². The van der Waals surface area contributed by atoms with Gasteiger partial charge >= 0.3 is 0 Å². The van der Waals surface area contributed by atoms with Crippen LogP contribution in [0.4, 0.5) is 17.5 Å². The number of nitrogens with two attached hydrogens (primary N) is 1. The Balaban J connectivity index is 0.00000127. The number of halogens is 1. The van der Waals surface area contributed by atoms with Crippen molar-refractivity contribution in [2.75, 3.05) is 24.3 Å². The van der Waals surface area contributed by atoms with E-state index in [1.807, 2.05) is 13.8 Å². The van der Waals surface area contributed by atoms with Crippen LogP contribution in [0.15, 0.2) is 4.99 Å². The molecule has 0 unspecified atom stereocenters. The lowest BCUT2D eigenvalue weighted by atomic mass is 10.1. The second kappa shape index (κ2) is 8.37. The highest BCUT2D eigenvalue weighted by Crippen LogP contribution is 2.35. The monoisotopic (exact) mass is 347 g/mol. The van der Waals surface area contributed by atoms with Crippen molar-refractivity contribution in [2.24, 2.45) is 4.99 Å². The number of hydrogen-bond acceptors (Lipinski definition) is 9. The Hall–Kier alpha value is -1.52. The quantitative estimate of drug-likeness (QED) is 0.439. The van der Waals surface area contributed by atoms with E-state index < -0.39 is 31.1 Å². The number of aliphatic hydroxyl groups excluding tert-OH is 3. The zero-order chi connectivity index (χ0) is 17.7. The molecule has 0 bridgehead atoms. The molecular weight excluding hydrogens is 326 g/mol. The van der Waals surface area contributed by atoms with Crippen LogP contribution in [0.25, 0.3) is 0 Å². The van der Waals surface area contributed by atoms with Crippen LogP contribution in [-0.4, -0.2) is 70.2 Å². The fourth-order valence-corrected chi connectivity index (χ4v) is 2.37. The molecule has 1 aromatic rings. The summed E-state index contributed by atoms with van der Waals surface area (Å²) in [5, 5.41) is 28.9. The van der Waals surface area contributed by atoms with Crippen molar-refractivity contribution < 1.29 is 20.1 Å². The van der Waals surface area contributed by atoms with Crippen molar-refractivity contribution in [3.63, 3.8) is 0 Å². The second-order valence-corrected chi connectivity index (χ2v) is 4.90. The van der Waals surface area contributed by atoms with Crippen molar-refractivity contribution in [1.29, 1.82) is 0 Å². The van der Waals surface area contributed by atoms with Gasteiger partial charge in [-0.05, 0) is 6.72 Å². The molecule has 1 aliphatic heterocycles. The summed E-state index contributed by atoms with van der Waals surface area (Å²) in [7, 11) is 1.55. The largest absolute Gasteiger partial charge is 0.394 e. The number of aliphatic imine (C=N–C) groups is 1. The van der Waals surface area contributed by atoms with Crippen LogP contribution < -0.4 is 10.6 Å². The van der Waals surface area contributed by atoms with Gasteiger partial charge in [0.25, 0.3) is 0 Å². The first-order valence-corrected chi connectivity index (χ1v) is 7.43. The lowest BCUT2D eigenvalue weighted by Crippen LogP contribution is -2.42. The maximum absolute atomic E-state index is 10.0. The minimum atomic E-state index is -1.25. The summed E-state index contributed by atoms with van der Waals surface area (Å²) in [5.74, 6) is 0.110. The van der Waals surface area contributed by atoms with Crippen LogP contribution in [0.3, 0.4) is 0 Å². The number of hydrogen-bond donors (Lipinski definition) is 4. The highest BCUT2D eigenvalue weighted by Gasteiger charge is 2.45. The van der Waals surface area contributed by atoms with Gasteiger partial charge in [-0.25, -0.2) is 0 Å². The topological polar surface area (TPSA) is 137 Å². The molecule has 1 saturated heterocycles. The number of likely N-dealkylation sites (N-methyl/N-ethyl adjacent to an activating group) is 1. The summed E-state index contributed by atoms with van der Waals surface area (Å²) in [4.78, 5) is 12.9. The minimum absolute atomic E-state index is 0.00564. The average molecular weight is 348 g/mol. The Labute approximate surface area is 139 Å². The third kappa shape index (κ3) is 3.88. The zero-order valence-corrected chi connectivity index (χ0v) is 14.0. The van der Waals surface area contributed by atoms with Crippen LogP contribution in [0.1, 0.15) is 13.8 Å². The Morgan fingerprint density at radius 2 is 1.96 bits per heavy atom. The Kier molecular flexibility index (Phi) is 7.10. The van der Waals surface area contributed by atoms with Crippen molar-refractivity contribution in [3.8, 4) is 0 Å². The van der Waals surface area contributed by atoms with Gasteiger partial charge in [-0.3, -0.25) is 4.99 Å². The van der Waals surface area contributed by atoms with Gasteiger partial charge in [0, 0.05) is 7.05 Å². The molecule has 0 aliphatic carbocycles. The van der Waals surface area contributed by atoms with Crippen molar-refractivity contribution in [3.05, 3.63) is 5.15 Å². The normalized spacial score (nSPS) is 26.4. The molecule has 0 aromatic carbocycles. The highest BCUT2D eigenvalue weighted by atomic mass is 35.5. The van der Waals surface area contributed by atoms with Gasteiger partial charge in [-0.15, -0.1) is 0 Å². The molecule has 2 rings (SSSR count). The minimum Gasteiger partial charge on any atom is -0.394 e. The van der Waals surface area contributed by atoms with Gasteiger partial charge < -0.3 is 30.7 Å². The smallest absolute Gasteiger partial charge is 0.223 e. The third-order valence-corrected chi connectivity index (χ3v) is 3.49. The molecule has 23 heavy (non-hydrogen) atoms. The molecule has 130 valence electrons. The number of ether oxygens (including phenoxy) is 1. The van der Waals surface area contributed by atoms with Crippen LogP contribution in [-0.2, 0) is 4.74 Å². The molecule has 5 N–H and O–H groups in total. The highest BCUT2D eigenvalue weighted by molar-refractivity contribution is 6.32. The molecule has 0 amide bonds. The van der Waals surface area contributed by atoms with Crippen LogP contribution >= 0.6 is 11.6 Å². The number of rotatable bonds is 4. The van der Waals surface area contributed by atoms with Crippen molar-refractivity contribution in [1.82, 2.24) is 9.97 Å². The van der Waals surface area contributed by atoms with E-state index in [1.54, 1.807) is 7.05 Å². The number of nitrogens with zero attached hydrogens (tertiary/aromatic N) is 4. The predicted molar refractivity (Wildman–Crippen MR) is 88.2 cm³/mol. The summed E-state index contributed by atoms with van der Waals surface area (Å²) in [6.07, 6.45) is -4.33. The van der Waals surface area contributed by atoms with Crippen LogP contribution in [0.2, 0.25) is 5.15 Å². The van der Waals surface area contributed by atoms with Gasteiger partial charge in [-0.1, -0.05) is 25.4 Å². The Bertz CT molecular complexity index is 547. The number of nitrogen functional groups attached to an aromatic ring is 1. The molecule has 4 atom stereocenters. The first-order chi connectivity index (χ1) is 10.9. The number of aromatic nitrogens is 2. The number of aliphatic hydroxyl groups is 3. The van der Waals surface area contributed by atoms with E-state index >= 15 is 0 Å². The molecule has 9 nitrogen and oxygen atoms in total. The maximum Gasteiger partial charge on any atom is 0.223 e. The lowest BCUT2D eigenvalue weighted by Gasteiger charge is -2.28. The van der Waals surface area contributed by atoms with E-state index in [-0.39, 0.29) is 22.6 Å². The molecular formula is C13H22ClN5O4. The molecule has 1 aliphatic rings. The molecule has 0 radical (unpaired) electrons. The summed E-state index contributed by atoms with van der Waals surface area (Å²) >= 11 is 5.92. The van der Waals surface area contributed by atoms with Gasteiger partial charge in [0.2, 0.25) is 5.95 Å². The van der Waals surface area contributed by atoms with E-state index in [0.29, 0.717) is 0 Å². The first-order valence-electron chi connectivity index (χ1n) is 7.05. The molecule has 2 heterocycles. The molecule has 0 spiro atoms. The van der Waals surface area contributed by atoms with Crippen molar-refractivity contribution in [2.45, 2.75) is 38.4 Å². The van der Waals surface area contributed by atoms with Gasteiger partial charge in [0.1, 0.15) is 24.0 Å². The second-order valence-electron chi connectivity index (χ2n) is 4.54. The Morgan fingerprint density at radius 1 is 1.35 bits per heavy atom. The predicted octanol–water partition coefficient (Wildman–Crippen LogP) is -0.0543. The van der Waals surface area contributed by atoms with Gasteiger partial charge in [0.05, 0.1) is 6.61 Å². The standard InChI is InChI=1S/C11H16ClN5O4.C2H6/c1-14-5-8(12)15-11(13)16-9(5)17(2)10-7(20)6(19)4(3-18)21-10;1-2/h4,6-7,10,18-20H,1,3H2,2H3,(H2,13,15,16);1-2H3/t4-,6-,7-,10-;/m1./s1. The first kappa shape index (κ1) is 19.5. The maximum atomic E-state index is 10.0. The summed E-state index contributed by atoms with van der Waals surface area (Å²) in [6.45, 7) is 6.95. The third-order valence-electron chi connectivity index (χ3n) is 3.23. The van der Waals surface area contributed by atoms with Crippen LogP contribution in [0.5, 0.6) is 0 Å². The average Bonchev–Trinajstić information content (AvgIpc) is 2.83. The number of anilines is 2. The van der Waals surface area contributed by atoms with E-state index in [1.165, 1.54) is 4.90 Å². The SMILES string of the molecule is C=Nc1c(Cl)nc(N)nc1N(C)[C@@H]1O[C@H](CO)[C@@H](O)[C@H]1O.CC. The van der Waals surface area contributed by atoms with Crippen LogP contribution in [0, 0.1) is 0 Å². The zero-order valence-electron chi connectivity index (χ0n) is 13.2. The van der Waals surface area contributed by atoms with E-state index in [4.69, 9.17) is 27.2 Å².